The maximum atomic E-state index is 10.6. The van der Waals surface area contributed by atoms with E-state index in [2.05, 4.69) is 4.98 Å². The monoisotopic (exact) mass is 235 g/mol. The number of aromatic nitrogens is 1. The van der Waals surface area contributed by atoms with Crippen molar-refractivity contribution in [3.05, 3.63) is 24.0 Å². The molecule has 0 amide bonds. The first-order valence-electron chi connectivity index (χ1n) is 6.12. The molecule has 1 N–H and O–H groups in total. The average molecular weight is 235 g/mol. The van der Waals surface area contributed by atoms with E-state index in [0.29, 0.717) is 5.75 Å². The molecule has 1 aromatic rings. The number of rotatable bonds is 3. The number of ether oxygens (including phenoxy) is 1. The second kappa shape index (κ2) is 5.66. The van der Waals surface area contributed by atoms with Crippen LogP contribution in [0.15, 0.2) is 18.3 Å². The molecule has 0 bridgehead atoms. The average Bonchev–Trinajstić information content (AvgIpc) is 2.58. The van der Waals surface area contributed by atoms with Crippen LogP contribution in [-0.4, -0.2) is 22.2 Å². The minimum Gasteiger partial charge on any atom is -0.489 e. The zero-order valence-corrected chi connectivity index (χ0v) is 9.76. The van der Waals surface area contributed by atoms with Gasteiger partial charge in [-0.1, -0.05) is 12.8 Å². The third kappa shape index (κ3) is 3.44. The molecule has 1 saturated carbocycles. The Morgan fingerprint density at radius 3 is 2.47 bits per heavy atom. The van der Waals surface area contributed by atoms with E-state index < -0.39 is 5.97 Å². The standard InChI is InChI=1S/C13H17NO3/c15-13(16)12-8-7-11(9-14-12)17-10-5-3-1-2-4-6-10/h7-10H,1-6H2,(H,15,16). The number of aromatic carboxylic acids is 1. The van der Waals surface area contributed by atoms with Crippen molar-refractivity contribution in [2.45, 2.75) is 44.6 Å². The molecule has 2 rings (SSSR count). The van der Waals surface area contributed by atoms with Crippen LogP contribution in [0.4, 0.5) is 0 Å². The predicted molar refractivity (Wildman–Crippen MR) is 63.3 cm³/mol. The molecule has 1 fully saturated rings. The molecule has 0 spiro atoms. The number of hydrogen-bond acceptors (Lipinski definition) is 3. The molecule has 4 heteroatoms. The van der Waals surface area contributed by atoms with E-state index in [1.807, 2.05) is 0 Å². The van der Waals surface area contributed by atoms with Gasteiger partial charge in [0.15, 0.2) is 0 Å². The molecule has 0 atom stereocenters. The first-order chi connectivity index (χ1) is 8.25. The zero-order valence-electron chi connectivity index (χ0n) is 9.76. The van der Waals surface area contributed by atoms with Gasteiger partial charge >= 0.3 is 5.97 Å². The van der Waals surface area contributed by atoms with Gasteiger partial charge in [-0.3, -0.25) is 0 Å². The summed E-state index contributed by atoms with van der Waals surface area (Å²) >= 11 is 0. The summed E-state index contributed by atoms with van der Waals surface area (Å²) in [6, 6.07) is 3.16. The van der Waals surface area contributed by atoms with Crippen LogP contribution in [0.25, 0.3) is 0 Å². The van der Waals surface area contributed by atoms with Crippen LogP contribution in [0.5, 0.6) is 5.75 Å². The van der Waals surface area contributed by atoms with Crippen molar-refractivity contribution in [3.63, 3.8) is 0 Å². The van der Waals surface area contributed by atoms with Crippen molar-refractivity contribution >= 4 is 5.97 Å². The van der Waals surface area contributed by atoms with Gasteiger partial charge in [-0.25, -0.2) is 9.78 Å². The second-order valence-corrected chi connectivity index (χ2v) is 4.42. The minimum absolute atomic E-state index is 0.0539. The zero-order chi connectivity index (χ0) is 12.1. The third-order valence-electron chi connectivity index (χ3n) is 3.06. The molecule has 0 saturated heterocycles. The van der Waals surface area contributed by atoms with Crippen LogP contribution in [0.3, 0.4) is 0 Å². The van der Waals surface area contributed by atoms with Crippen molar-refractivity contribution in [1.29, 1.82) is 0 Å². The molecule has 1 aliphatic carbocycles. The molecule has 0 radical (unpaired) electrons. The Bertz CT molecular complexity index is 367. The lowest BCUT2D eigenvalue weighted by Crippen LogP contribution is -2.15. The van der Waals surface area contributed by atoms with E-state index >= 15 is 0 Å². The lowest BCUT2D eigenvalue weighted by molar-refractivity contribution is 0.0690. The van der Waals surface area contributed by atoms with Gasteiger partial charge in [0.2, 0.25) is 0 Å². The molecule has 1 aromatic heterocycles. The maximum absolute atomic E-state index is 10.6. The lowest BCUT2D eigenvalue weighted by Gasteiger charge is -2.16. The van der Waals surface area contributed by atoms with Crippen LogP contribution in [-0.2, 0) is 0 Å². The van der Waals surface area contributed by atoms with Crippen molar-refractivity contribution in [2.24, 2.45) is 0 Å². The SMILES string of the molecule is O=C(O)c1ccc(OC2CCCCCC2)cn1. The fourth-order valence-corrected chi connectivity index (χ4v) is 2.13. The Labute approximate surface area is 101 Å². The Kier molecular flexibility index (Phi) is 3.96. The minimum atomic E-state index is -1.01. The molecule has 1 aliphatic rings. The normalized spacial score (nSPS) is 17.4. The van der Waals surface area contributed by atoms with Crippen molar-refractivity contribution in [2.75, 3.05) is 0 Å². The smallest absolute Gasteiger partial charge is 0.354 e. The molecule has 1 heterocycles. The molecular formula is C13H17NO3. The quantitative estimate of drug-likeness (QED) is 0.818. The molecule has 17 heavy (non-hydrogen) atoms. The fraction of sp³-hybridized carbons (Fsp3) is 0.538. The fourth-order valence-electron chi connectivity index (χ4n) is 2.13. The van der Waals surface area contributed by atoms with E-state index in [1.54, 1.807) is 6.07 Å². The van der Waals surface area contributed by atoms with Gasteiger partial charge in [0.1, 0.15) is 11.4 Å². The third-order valence-corrected chi connectivity index (χ3v) is 3.06. The van der Waals surface area contributed by atoms with Crippen molar-refractivity contribution in [1.82, 2.24) is 4.98 Å². The van der Waals surface area contributed by atoms with E-state index in [4.69, 9.17) is 9.84 Å². The highest BCUT2D eigenvalue weighted by molar-refractivity contribution is 5.85. The van der Waals surface area contributed by atoms with Gasteiger partial charge in [-0.2, -0.15) is 0 Å². The number of pyridine rings is 1. The summed E-state index contributed by atoms with van der Waals surface area (Å²) < 4.78 is 5.81. The number of carbonyl (C=O) groups is 1. The van der Waals surface area contributed by atoms with Gasteiger partial charge in [-0.05, 0) is 37.8 Å². The summed E-state index contributed by atoms with van der Waals surface area (Å²) in [5.74, 6) is -0.340. The highest BCUT2D eigenvalue weighted by atomic mass is 16.5. The summed E-state index contributed by atoms with van der Waals surface area (Å²) in [6.45, 7) is 0. The van der Waals surface area contributed by atoms with E-state index in [-0.39, 0.29) is 11.8 Å². The number of hydrogen-bond donors (Lipinski definition) is 1. The Hall–Kier alpha value is -1.58. The van der Waals surface area contributed by atoms with Crippen molar-refractivity contribution < 1.29 is 14.6 Å². The van der Waals surface area contributed by atoms with E-state index in [9.17, 15) is 4.79 Å². The van der Waals surface area contributed by atoms with Crippen LogP contribution >= 0.6 is 0 Å². The first kappa shape index (κ1) is 11.9. The summed E-state index contributed by atoms with van der Waals surface area (Å²) in [5.41, 5.74) is 0.0539. The highest BCUT2D eigenvalue weighted by Gasteiger charge is 2.14. The largest absolute Gasteiger partial charge is 0.489 e. The Balaban J connectivity index is 1.95. The first-order valence-corrected chi connectivity index (χ1v) is 6.12. The molecule has 0 unspecified atom stereocenters. The van der Waals surface area contributed by atoms with E-state index in [0.717, 1.165) is 12.8 Å². The molecule has 0 aromatic carbocycles. The molecule has 4 nitrogen and oxygen atoms in total. The van der Waals surface area contributed by atoms with Gasteiger partial charge < -0.3 is 9.84 Å². The topological polar surface area (TPSA) is 59.4 Å². The summed E-state index contributed by atoms with van der Waals surface area (Å²) in [6.07, 6.45) is 8.92. The Morgan fingerprint density at radius 2 is 1.94 bits per heavy atom. The summed E-state index contributed by atoms with van der Waals surface area (Å²) in [4.78, 5) is 14.5. The van der Waals surface area contributed by atoms with Gasteiger partial charge in [-0.15, -0.1) is 0 Å². The molecule has 92 valence electrons. The predicted octanol–water partition coefficient (Wildman–Crippen LogP) is 2.88. The Morgan fingerprint density at radius 1 is 1.24 bits per heavy atom. The molecule has 0 aliphatic heterocycles. The summed E-state index contributed by atoms with van der Waals surface area (Å²) in [5, 5.41) is 8.73. The van der Waals surface area contributed by atoms with Crippen LogP contribution in [0.1, 0.15) is 49.0 Å². The molecular weight excluding hydrogens is 218 g/mol. The van der Waals surface area contributed by atoms with Crippen LogP contribution in [0, 0.1) is 0 Å². The van der Waals surface area contributed by atoms with Crippen LogP contribution in [0.2, 0.25) is 0 Å². The van der Waals surface area contributed by atoms with Crippen LogP contribution < -0.4 is 4.74 Å². The van der Waals surface area contributed by atoms with Crippen molar-refractivity contribution in [3.8, 4) is 5.75 Å². The highest BCUT2D eigenvalue weighted by Crippen LogP contribution is 2.22. The number of nitrogens with zero attached hydrogens (tertiary/aromatic N) is 1. The lowest BCUT2D eigenvalue weighted by atomic mass is 10.1. The van der Waals surface area contributed by atoms with Gasteiger partial charge in [0.05, 0.1) is 12.3 Å². The number of carboxylic acid groups (broad SMARTS) is 1. The summed E-state index contributed by atoms with van der Waals surface area (Å²) in [7, 11) is 0. The van der Waals surface area contributed by atoms with E-state index in [1.165, 1.54) is 37.9 Å². The second-order valence-electron chi connectivity index (χ2n) is 4.42. The van der Waals surface area contributed by atoms with Gasteiger partial charge in [0.25, 0.3) is 0 Å². The number of carboxylic acids is 1. The maximum Gasteiger partial charge on any atom is 0.354 e. The van der Waals surface area contributed by atoms with Gasteiger partial charge in [0, 0.05) is 0 Å².